The first-order chi connectivity index (χ1) is 14.3. The average Bonchev–Trinajstić information content (AvgIpc) is 3.24. The van der Waals surface area contributed by atoms with Crippen LogP contribution in [0.5, 0.6) is 5.75 Å². The van der Waals surface area contributed by atoms with Gasteiger partial charge >= 0.3 is 0 Å². The van der Waals surface area contributed by atoms with Gasteiger partial charge in [0.05, 0.1) is 17.1 Å². The molecule has 3 rings (SSSR count). The SMILES string of the molecule is Cc1ccc(N2CCCC2)c(C(=O)N(C)CCCOc2cccc(S(C)(=O)=O)c2)c1. The highest BCUT2D eigenvalue weighted by Gasteiger charge is 2.21. The predicted molar refractivity (Wildman–Crippen MR) is 119 cm³/mol. The number of amides is 1. The van der Waals surface area contributed by atoms with Crippen LogP contribution in [0.4, 0.5) is 5.69 Å². The van der Waals surface area contributed by atoms with Crippen LogP contribution in [0.15, 0.2) is 47.4 Å². The van der Waals surface area contributed by atoms with Crippen molar-refractivity contribution in [2.45, 2.75) is 31.1 Å². The lowest BCUT2D eigenvalue weighted by Gasteiger charge is -2.24. The molecule has 1 fully saturated rings. The van der Waals surface area contributed by atoms with Gasteiger partial charge in [0.2, 0.25) is 0 Å². The topological polar surface area (TPSA) is 66.9 Å². The van der Waals surface area contributed by atoms with E-state index in [1.807, 2.05) is 20.0 Å². The summed E-state index contributed by atoms with van der Waals surface area (Å²) in [5.74, 6) is 0.529. The normalized spacial score (nSPS) is 14.0. The Balaban J connectivity index is 1.57. The molecule has 2 aromatic carbocycles. The summed E-state index contributed by atoms with van der Waals surface area (Å²) in [4.78, 5) is 17.3. The zero-order valence-corrected chi connectivity index (χ0v) is 18.7. The van der Waals surface area contributed by atoms with Crippen LogP contribution in [-0.2, 0) is 9.84 Å². The van der Waals surface area contributed by atoms with Gasteiger partial charge in [-0.1, -0.05) is 17.7 Å². The van der Waals surface area contributed by atoms with Gasteiger partial charge in [-0.15, -0.1) is 0 Å². The van der Waals surface area contributed by atoms with Crippen molar-refractivity contribution in [3.05, 3.63) is 53.6 Å². The van der Waals surface area contributed by atoms with Crippen molar-refractivity contribution >= 4 is 21.4 Å². The van der Waals surface area contributed by atoms with Crippen molar-refractivity contribution in [1.82, 2.24) is 4.90 Å². The van der Waals surface area contributed by atoms with Crippen LogP contribution in [0.1, 0.15) is 35.2 Å². The molecule has 1 amide bonds. The number of nitrogens with zero attached hydrogens (tertiary/aromatic N) is 2. The van der Waals surface area contributed by atoms with E-state index >= 15 is 0 Å². The number of sulfone groups is 1. The highest BCUT2D eigenvalue weighted by atomic mass is 32.2. The Bertz CT molecular complexity index is 998. The molecule has 1 heterocycles. The molecule has 0 N–H and O–H groups in total. The minimum Gasteiger partial charge on any atom is -0.493 e. The molecule has 0 saturated carbocycles. The van der Waals surface area contributed by atoms with Crippen LogP contribution in [0.2, 0.25) is 0 Å². The smallest absolute Gasteiger partial charge is 0.255 e. The summed E-state index contributed by atoms with van der Waals surface area (Å²) < 4.78 is 29.0. The lowest BCUT2D eigenvalue weighted by molar-refractivity contribution is 0.0788. The number of carbonyl (C=O) groups excluding carboxylic acids is 1. The molecule has 1 saturated heterocycles. The molecule has 1 aliphatic rings. The van der Waals surface area contributed by atoms with E-state index in [1.54, 1.807) is 23.1 Å². The van der Waals surface area contributed by atoms with Crippen LogP contribution in [0.25, 0.3) is 0 Å². The highest BCUT2D eigenvalue weighted by Crippen LogP contribution is 2.27. The number of rotatable bonds is 8. The minimum absolute atomic E-state index is 0.0136. The molecular weight excluding hydrogens is 400 g/mol. The summed E-state index contributed by atoms with van der Waals surface area (Å²) in [5, 5.41) is 0. The van der Waals surface area contributed by atoms with Gasteiger partial charge in [-0.3, -0.25) is 4.79 Å². The Morgan fingerprint density at radius 1 is 1.13 bits per heavy atom. The number of aryl methyl sites for hydroxylation is 1. The monoisotopic (exact) mass is 430 g/mol. The second-order valence-corrected chi connectivity index (χ2v) is 9.91. The van der Waals surface area contributed by atoms with E-state index in [4.69, 9.17) is 4.74 Å². The summed E-state index contributed by atoms with van der Waals surface area (Å²) in [6.07, 6.45) is 4.15. The first-order valence-electron chi connectivity index (χ1n) is 10.3. The fourth-order valence-electron chi connectivity index (χ4n) is 3.65. The fraction of sp³-hybridized carbons (Fsp3) is 0.435. The van der Waals surface area contributed by atoms with E-state index in [0.29, 0.717) is 25.3 Å². The molecule has 0 atom stereocenters. The maximum absolute atomic E-state index is 13.1. The van der Waals surface area contributed by atoms with E-state index in [1.165, 1.54) is 12.3 Å². The summed E-state index contributed by atoms with van der Waals surface area (Å²) in [6.45, 7) is 4.94. The molecule has 162 valence electrons. The van der Waals surface area contributed by atoms with Crippen molar-refractivity contribution in [3.63, 3.8) is 0 Å². The number of hydrogen-bond donors (Lipinski definition) is 0. The third-order valence-electron chi connectivity index (χ3n) is 5.32. The van der Waals surface area contributed by atoms with Gasteiger partial charge in [0.1, 0.15) is 5.75 Å². The van der Waals surface area contributed by atoms with E-state index in [0.717, 1.165) is 42.7 Å². The lowest BCUT2D eigenvalue weighted by atomic mass is 10.1. The molecule has 0 bridgehead atoms. The Labute approximate surface area is 179 Å². The van der Waals surface area contributed by atoms with Crippen molar-refractivity contribution in [3.8, 4) is 5.75 Å². The van der Waals surface area contributed by atoms with Crippen LogP contribution >= 0.6 is 0 Å². The van der Waals surface area contributed by atoms with E-state index in [-0.39, 0.29) is 10.8 Å². The minimum atomic E-state index is -3.26. The molecule has 0 spiro atoms. The molecule has 0 unspecified atom stereocenters. The van der Waals surface area contributed by atoms with Crippen LogP contribution in [0, 0.1) is 6.92 Å². The number of benzene rings is 2. The summed E-state index contributed by atoms with van der Waals surface area (Å²) >= 11 is 0. The quantitative estimate of drug-likeness (QED) is 0.599. The molecule has 0 aromatic heterocycles. The number of hydrogen-bond acceptors (Lipinski definition) is 5. The second kappa shape index (κ2) is 9.51. The molecule has 7 heteroatoms. The zero-order chi connectivity index (χ0) is 21.7. The molecular formula is C23H30N2O4S. The van der Waals surface area contributed by atoms with Gasteiger partial charge in [-0.2, -0.15) is 0 Å². The molecule has 0 radical (unpaired) electrons. The van der Waals surface area contributed by atoms with Gasteiger partial charge in [-0.05, 0) is 56.5 Å². The van der Waals surface area contributed by atoms with Gasteiger partial charge in [-0.25, -0.2) is 8.42 Å². The number of ether oxygens (including phenoxy) is 1. The van der Waals surface area contributed by atoms with Crippen LogP contribution < -0.4 is 9.64 Å². The lowest BCUT2D eigenvalue weighted by Crippen LogP contribution is -2.31. The Morgan fingerprint density at radius 2 is 1.87 bits per heavy atom. The molecule has 6 nitrogen and oxygen atoms in total. The standard InChI is InChI=1S/C23H30N2O4S/c1-18-10-11-22(25-13-4-5-14-25)21(16-18)23(26)24(2)12-7-15-29-19-8-6-9-20(17-19)30(3,27)28/h6,8-11,16-17H,4-5,7,12-15H2,1-3H3. The molecule has 2 aromatic rings. The number of anilines is 1. The largest absolute Gasteiger partial charge is 0.493 e. The van der Waals surface area contributed by atoms with Crippen molar-refractivity contribution in [2.24, 2.45) is 0 Å². The number of carbonyl (C=O) groups is 1. The highest BCUT2D eigenvalue weighted by molar-refractivity contribution is 7.90. The van der Waals surface area contributed by atoms with Gasteiger partial charge in [0, 0.05) is 38.6 Å². The summed E-state index contributed by atoms with van der Waals surface area (Å²) in [6, 6.07) is 12.6. The first-order valence-corrected chi connectivity index (χ1v) is 12.2. The Kier molecular flexibility index (Phi) is 7.02. The molecule has 1 aliphatic heterocycles. The van der Waals surface area contributed by atoms with E-state index in [9.17, 15) is 13.2 Å². The van der Waals surface area contributed by atoms with Gasteiger partial charge in [0.25, 0.3) is 5.91 Å². The van der Waals surface area contributed by atoms with E-state index < -0.39 is 9.84 Å². The van der Waals surface area contributed by atoms with Crippen molar-refractivity contribution in [1.29, 1.82) is 0 Å². The first kappa shape index (κ1) is 22.2. The van der Waals surface area contributed by atoms with Crippen LogP contribution in [0.3, 0.4) is 0 Å². The maximum atomic E-state index is 13.1. The van der Waals surface area contributed by atoms with Gasteiger partial charge < -0.3 is 14.5 Å². The second-order valence-electron chi connectivity index (χ2n) is 7.89. The third-order valence-corrected chi connectivity index (χ3v) is 6.43. The maximum Gasteiger partial charge on any atom is 0.255 e. The van der Waals surface area contributed by atoms with Crippen molar-refractivity contribution < 1.29 is 17.9 Å². The molecule has 30 heavy (non-hydrogen) atoms. The van der Waals surface area contributed by atoms with E-state index in [2.05, 4.69) is 17.0 Å². The van der Waals surface area contributed by atoms with Crippen LogP contribution in [-0.4, -0.2) is 58.8 Å². The van der Waals surface area contributed by atoms with Gasteiger partial charge in [0.15, 0.2) is 9.84 Å². The molecule has 0 aliphatic carbocycles. The van der Waals surface area contributed by atoms with Crippen molar-refractivity contribution in [2.75, 3.05) is 44.4 Å². The predicted octanol–water partition coefficient (Wildman–Crippen LogP) is 3.54. The zero-order valence-electron chi connectivity index (χ0n) is 17.9. The summed E-state index contributed by atoms with van der Waals surface area (Å²) in [7, 11) is -1.45. The Hall–Kier alpha value is -2.54. The Morgan fingerprint density at radius 3 is 2.57 bits per heavy atom. The fourth-order valence-corrected chi connectivity index (χ4v) is 4.30. The third kappa shape index (κ3) is 5.53. The summed E-state index contributed by atoms with van der Waals surface area (Å²) in [5.41, 5.74) is 2.84. The average molecular weight is 431 g/mol.